The molecule has 2 heterocycles. The lowest BCUT2D eigenvalue weighted by Crippen LogP contribution is -2.20. The first-order valence-electron chi connectivity index (χ1n) is 13.0. The maximum absolute atomic E-state index is 6.63. The number of pyridine rings is 1. The summed E-state index contributed by atoms with van der Waals surface area (Å²) in [6.07, 6.45) is 6.14. The third-order valence-corrected chi connectivity index (χ3v) is 7.97. The van der Waals surface area contributed by atoms with E-state index in [0.29, 0.717) is 17.3 Å². The van der Waals surface area contributed by atoms with Gasteiger partial charge in [-0.2, -0.15) is 0 Å². The van der Waals surface area contributed by atoms with Crippen LogP contribution < -0.4 is 4.74 Å². The zero-order chi connectivity index (χ0) is 23.6. The van der Waals surface area contributed by atoms with Gasteiger partial charge in [-0.1, -0.05) is 52.0 Å². The molecule has 1 fully saturated rings. The maximum atomic E-state index is 6.63. The standard InChI is InChI=1S/C32H35NO/c1-19(2)13-21-16-23-14-20(3)15-26-30(23)28(17-21)34-29-18-25-24(7-6-8-27(25)33-31(26)29)22-9-11-32(4,5)12-10-22/h6-8,14-19,22H,9-13H2,1-5H3. The molecule has 3 aromatic carbocycles. The molecule has 0 N–H and O–H groups in total. The molecule has 6 rings (SSSR count). The largest absolute Gasteiger partial charge is 0.454 e. The Balaban J connectivity index is 1.51. The van der Waals surface area contributed by atoms with E-state index in [4.69, 9.17) is 9.72 Å². The van der Waals surface area contributed by atoms with Crippen molar-refractivity contribution in [3.8, 4) is 22.8 Å². The van der Waals surface area contributed by atoms with Gasteiger partial charge in [-0.15, -0.1) is 0 Å². The van der Waals surface area contributed by atoms with Gasteiger partial charge < -0.3 is 4.74 Å². The van der Waals surface area contributed by atoms with Crippen molar-refractivity contribution in [2.24, 2.45) is 11.3 Å². The van der Waals surface area contributed by atoms with Gasteiger partial charge in [-0.3, -0.25) is 0 Å². The highest BCUT2D eigenvalue weighted by Gasteiger charge is 2.29. The van der Waals surface area contributed by atoms with Crippen LogP contribution in [0.5, 0.6) is 11.5 Å². The zero-order valence-corrected chi connectivity index (χ0v) is 21.2. The first-order valence-corrected chi connectivity index (χ1v) is 13.0. The van der Waals surface area contributed by atoms with Crippen LogP contribution in [0.4, 0.5) is 0 Å². The zero-order valence-electron chi connectivity index (χ0n) is 21.2. The summed E-state index contributed by atoms with van der Waals surface area (Å²) < 4.78 is 6.63. The van der Waals surface area contributed by atoms with Crippen LogP contribution in [0.15, 0.2) is 48.5 Å². The number of aromatic nitrogens is 1. The Labute approximate surface area is 203 Å². The lowest BCUT2D eigenvalue weighted by atomic mass is 9.71. The Morgan fingerprint density at radius 1 is 1.00 bits per heavy atom. The third-order valence-electron chi connectivity index (χ3n) is 7.97. The third kappa shape index (κ3) is 3.68. The van der Waals surface area contributed by atoms with Crippen LogP contribution in [0.3, 0.4) is 0 Å². The topological polar surface area (TPSA) is 22.1 Å². The summed E-state index contributed by atoms with van der Waals surface area (Å²) in [6.45, 7) is 11.6. The molecular weight excluding hydrogens is 414 g/mol. The van der Waals surface area contributed by atoms with Gasteiger partial charge in [0.1, 0.15) is 11.4 Å². The molecule has 2 heteroatoms. The molecule has 34 heavy (non-hydrogen) atoms. The Kier molecular flexibility index (Phi) is 4.99. The monoisotopic (exact) mass is 449 g/mol. The number of rotatable bonds is 3. The summed E-state index contributed by atoms with van der Waals surface area (Å²) in [4.78, 5) is 5.21. The first-order chi connectivity index (χ1) is 16.3. The predicted molar refractivity (Wildman–Crippen MR) is 143 cm³/mol. The van der Waals surface area contributed by atoms with Gasteiger partial charge in [0.05, 0.1) is 5.52 Å². The van der Waals surface area contributed by atoms with E-state index in [1.54, 1.807) is 0 Å². The molecule has 1 aliphatic carbocycles. The summed E-state index contributed by atoms with van der Waals surface area (Å²) in [5.74, 6) is 3.10. The first kappa shape index (κ1) is 21.6. The molecular formula is C32H35NO. The number of fused-ring (bicyclic) bond motifs is 3. The Morgan fingerprint density at radius 2 is 1.79 bits per heavy atom. The maximum Gasteiger partial charge on any atom is 0.154 e. The summed E-state index contributed by atoms with van der Waals surface area (Å²) >= 11 is 0. The van der Waals surface area contributed by atoms with Gasteiger partial charge in [0.2, 0.25) is 0 Å². The van der Waals surface area contributed by atoms with Crippen LogP contribution in [-0.4, -0.2) is 4.98 Å². The minimum absolute atomic E-state index is 0.468. The molecule has 0 amide bonds. The van der Waals surface area contributed by atoms with Crippen molar-refractivity contribution in [1.82, 2.24) is 4.98 Å². The fraction of sp³-hybridized carbons (Fsp3) is 0.406. The lowest BCUT2D eigenvalue weighted by molar-refractivity contribution is 0.225. The summed E-state index contributed by atoms with van der Waals surface area (Å²) in [6, 6.07) is 18.1. The van der Waals surface area contributed by atoms with E-state index in [1.165, 1.54) is 64.1 Å². The van der Waals surface area contributed by atoms with Gasteiger partial charge in [0, 0.05) is 16.3 Å². The Hall–Kier alpha value is -2.87. The molecule has 0 atom stereocenters. The lowest BCUT2D eigenvalue weighted by Gasteiger charge is -2.35. The molecule has 0 radical (unpaired) electrons. The van der Waals surface area contributed by atoms with Gasteiger partial charge in [0.25, 0.3) is 0 Å². The van der Waals surface area contributed by atoms with Crippen molar-refractivity contribution in [3.63, 3.8) is 0 Å². The molecule has 1 saturated carbocycles. The van der Waals surface area contributed by atoms with Crippen molar-refractivity contribution in [1.29, 1.82) is 0 Å². The Bertz CT molecular complexity index is 1420. The van der Waals surface area contributed by atoms with Crippen molar-refractivity contribution >= 4 is 21.7 Å². The second-order valence-electron chi connectivity index (χ2n) is 11.9. The van der Waals surface area contributed by atoms with Crippen molar-refractivity contribution < 1.29 is 4.74 Å². The summed E-state index contributed by atoms with van der Waals surface area (Å²) in [7, 11) is 0. The molecule has 2 aliphatic rings. The molecule has 0 bridgehead atoms. The Morgan fingerprint density at radius 3 is 2.56 bits per heavy atom. The number of benzene rings is 3. The van der Waals surface area contributed by atoms with E-state index in [0.717, 1.165) is 29.1 Å². The molecule has 0 unspecified atom stereocenters. The van der Waals surface area contributed by atoms with Crippen LogP contribution in [0.2, 0.25) is 0 Å². The minimum atomic E-state index is 0.468. The number of aryl methyl sites for hydroxylation is 1. The average molecular weight is 450 g/mol. The highest BCUT2D eigenvalue weighted by atomic mass is 16.5. The number of hydrogen-bond acceptors (Lipinski definition) is 2. The van der Waals surface area contributed by atoms with Gasteiger partial charge in [-0.05, 0) is 103 Å². The van der Waals surface area contributed by atoms with E-state index in [1.807, 2.05) is 0 Å². The van der Waals surface area contributed by atoms with Crippen LogP contribution >= 0.6 is 0 Å². The van der Waals surface area contributed by atoms with Crippen molar-refractivity contribution in [2.75, 3.05) is 0 Å². The van der Waals surface area contributed by atoms with Crippen LogP contribution in [0.25, 0.3) is 32.9 Å². The van der Waals surface area contributed by atoms with E-state index >= 15 is 0 Å². The van der Waals surface area contributed by atoms with Crippen LogP contribution in [0.1, 0.15) is 76.0 Å². The van der Waals surface area contributed by atoms with Gasteiger partial charge >= 0.3 is 0 Å². The second kappa shape index (κ2) is 7.83. The fourth-order valence-corrected chi connectivity index (χ4v) is 6.20. The number of hydrogen-bond donors (Lipinski definition) is 0. The van der Waals surface area contributed by atoms with E-state index in [-0.39, 0.29) is 0 Å². The fourth-order valence-electron chi connectivity index (χ4n) is 6.20. The molecule has 2 nitrogen and oxygen atoms in total. The SMILES string of the molecule is Cc1cc2c3c(cc(CC(C)C)cc3c1)Oc1cc3c(C4CCC(C)(C)CC4)cccc3nc1-2. The highest BCUT2D eigenvalue weighted by Crippen LogP contribution is 2.49. The normalized spacial score (nSPS) is 17.2. The second-order valence-corrected chi connectivity index (χ2v) is 11.9. The predicted octanol–water partition coefficient (Wildman–Crippen LogP) is 9.35. The van der Waals surface area contributed by atoms with Crippen LogP contribution in [-0.2, 0) is 6.42 Å². The van der Waals surface area contributed by atoms with E-state index in [9.17, 15) is 0 Å². The van der Waals surface area contributed by atoms with E-state index in [2.05, 4.69) is 83.1 Å². The van der Waals surface area contributed by atoms with Gasteiger partial charge in [-0.25, -0.2) is 4.98 Å². The molecule has 1 aliphatic heterocycles. The molecule has 0 spiro atoms. The summed E-state index contributed by atoms with van der Waals surface area (Å²) in [5, 5.41) is 3.72. The van der Waals surface area contributed by atoms with Gasteiger partial charge in [0.15, 0.2) is 5.75 Å². The smallest absolute Gasteiger partial charge is 0.154 e. The van der Waals surface area contributed by atoms with Crippen molar-refractivity contribution in [2.45, 2.75) is 72.6 Å². The molecule has 4 aromatic rings. The average Bonchev–Trinajstić information content (AvgIpc) is 2.77. The quantitative estimate of drug-likeness (QED) is 0.274. The number of nitrogens with zero attached hydrogens (tertiary/aromatic N) is 1. The van der Waals surface area contributed by atoms with E-state index < -0.39 is 0 Å². The molecule has 174 valence electrons. The summed E-state index contributed by atoms with van der Waals surface area (Å²) in [5.41, 5.74) is 7.79. The minimum Gasteiger partial charge on any atom is -0.454 e. The number of ether oxygens (including phenoxy) is 1. The highest BCUT2D eigenvalue weighted by molar-refractivity contribution is 6.05. The van der Waals surface area contributed by atoms with Crippen molar-refractivity contribution in [3.05, 3.63) is 65.2 Å². The van der Waals surface area contributed by atoms with Crippen LogP contribution in [0, 0.1) is 18.3 Å². The molecule has 1 aromatic heterocycles. The molecule has 0 saturated heterocycles.